The third-order valence-electron chi connectivity index (χ3n) is 16.2. The predicted molar refractivity (Wildman–Crippen MR) is 361 cm³/mol. The molecule has 0 heterocycles. The number of hydrogen-bond acceptors (Lipinski definition) is 10. The Morgan fingerprint density at radius 1 is 0.233 bits per heavy atom. The summed E-state index contributed by atoms with van der Waals surface area (Å²) in [6.07, 6.45) is 24.3. The molecule has 10 heteroatoms. The van der Waals surface area contributed by atoms with Gasteiger partial charge in [0.25, 0.3) is 0 Å². The van der Waals surface area contributed by atoms with E-state index < -0.39 is 0 Å². The zero-order valence-corrected chi connectivity index (χ0v) is 52.4. The third kappa shape index (κ3) is 23.8. The predicted octanol–water partition coefficient (Wildman–Crippen LogP) is 20.6. The van der Waals surface area contributed by atoms with Gasteiger partial charge in [-0.25, -0.2) is 9.59 Å². The molecule has 0 aliphatic rings. The number of hydrogen-bond donors (Lipinski definition) is 0. The quantitative estimate of drug-likeness (QED) is 0.0269. The summed E-state index contributed by atoms with van der Waals surface area (Å²) in [5.41, 5.74) is 11.1. The van der Waals surface area contributed by atoms with Crippen LogP contribution < -0.4 is 18.9 Å². The molecule has 0 amide bonds. The van der Waals surface area contributed by atoms with Crippen LogP contribution in [-0.4, -0.2) is 51.6 Å². The van der Waals surface area contributed by atoms with Crippen LogP contribution in [0, 0.1) is 22.7 Å². The molecule has 90 heavy (non-hydrogen) atoms. The molecule has 0 aliphatic carbocycles. The van der Waals surface area contributed by atoms with Gasteiger partial charge in [-0.1, -0.05) is 200 Å². The second-order valence-electron chi connectivity index (χ2n) is 23.1. The van der Waals surface area contributed by atoms with Gasteiger partial charge in [-0.05, 0) is 180 Å². The molecule has 10 nitrogen and oxygen atoms in total. The third-order valence-corrected chi connectivity index (χ3v) is 16.2. The SMILES string of the molecule is N#Cc1ccc(-c2ccc(OCCCCCCCCCOC(=O)c3ccc(-c4ccc(OCCCCCCCCCCOc5ccc(-c6ccc(C(=O)OCCCCCCCCCOc7ccc(-c8ccc(C#N)cc8)cc7)cc6)cc5)cc4)cc3)cc2)cc1. The van der Waals surface area contributed by atoms with E-state index in [0.29, 0.717) is 61.9 Å². The Balaban J connectivity index is 0.560. The first-order chi connectivity index (χ1) is 44.4. The van der Waals surface area contributed by atoms with Crippen LogP contribution >= 0.6 is 0 Å². The second kappa shape index (κ2) is 39.0. The van der Waals surface area contributed by atoms with Crippen molar-refractivity contribution < 1.29 is 38.0 Å². The lowest BCUT2D eigenvalue weighted by Gasteiger charge is -2.09. The molecular weight excluding hydrogens is 1120 g/mol. The standard InChI is InChI=1S/C80H88N2O8/c81-61-63-23-27-65(28-24-63)69-39-47-75(48-40-69)85-57-19-13-7-3-9-15-21-59-89-79(83)73-35-31-67(32-36-73)71-43-51-77(52-44-71)87-55-17-11-5-1-2-6-12-18-56-88-78-53-45-72(46-54-78)68-33-37-74(38-34-68)80(84)90-60-22-16-10-4-8-14-20-58-86-76-49-41-70(42-50-76)66-29-25-64(62-82)26-30-66/h23-54H,1-22,55-60H2. The normalized spacial score (nSPS) is 10.9. The summed E-state index contributed by atoms with van der Waals surface area (Å²) in [5, 5.41) is 18.0. The number of carbonyl (C=O) groups is 2. The lowest BCUT2D eigenvalue weighted by Crippen LogP contribution is -2.06. The first-order valence-electron chi connectivity index (χ1n) is 32.9. The van der Waals surface area contributed by atoms with E-state index in [1.54, 1.807) is 0 Å². The highest BCUT2D eigenvalue weighted by atomic mass is 16.5. The lowest BCUT2D eigenvalue weighted by molar-refractivity contribution is 0.0488. The Hall–Kier alpha value is -9.12. The average Bonchev–Trinajstić information content (AvgIpc) is 2.39. The van der Waals surface area contributed by atoms with Crippen LogP contribution in [0.3, 0.4) is 0 Å². The van der Waals surface area contributed by atoms with Crippen molar-refractivity contribution in [3.8, 4) is 79.6 Å². The highest BCUT2D eigenvalue weighted by molar-refractivity contribution is 5.90. The number of benzene rings is 8. The molecule has 0 unspecified atom stereocenters. The number of ether oxygens (including phenoxy) is 6. The summed E-state index contributed by atoms with van der Waals surface area (Å²) < 4.78 is 35.2. The van der Waals surface area contributed by atoms with E-state index in [4.69, 9.17) is 38.9 Å². The maximum Gasteiger partial charge on any atom is 0.338 e. The molecule has 0 N–H and O–H groups in total. The van der Waals surface area contributed by atoms with Gasteiger partial charge in [0.05, 0.1) is 74.0 Å². The first kappa shape index (κ1) is 66.8. The van der Waals surface area contributed by atoms with Crippen molar-refractivity contribution >= 4 is 11.9 Å². The molecule has 8 aromatic rings. The summed E-state index contributed by atoms with van der Waals surface area (Å²) in [6.45, 7) is 3.69. The van der Waals surface area contributed by atoms with Crippen molar-refractivity contribution in [2.24, 2.45) is 0 Å². The van der Waals surface area contributed by atoms with Crippen molar-refractivity contribution in [3.63, 3.8) is 0 Å². The number of nitriles is 2. The minimum absolute atomic E-state index is 0.277. The Bertz CT molecular complexity index is 3170. The van der Waals surface area contributed by atoms with Crippen LogP contribution in [0.15, 0.2) is 194 Å². The number of carbonyl (C=O) groups excluding carboxylic acids is 2. The van der Waals surface area contributed by atoms with Gasteiger partial charge in [-0.15, -0.1) is 0 Å². The van der Waals surface area contributed by atoms with Gasteiger partial charge in [-0.2, -0.15) is 10.5 Å². The van der Waals surface area contributed by atoms with Crippen molar-refractivity contribution in [2.75, 3.05) is 39.6 Å². The van der Waals surface area contributed by atoms with E-state index in [1.165, 1.54) is 38.5 Å². The van der Waals surface area contributed by atoms with Gasteiger partial charge in [0.2, 0.25) is 0 Å². The van der Waals surface area contributed by atoms with Crippen LogP contribution in [0.25, 0.3) is 44.5 Å². The van der Waals surface area contributed by atoms with E-state index in [0.717, 1.165) is 170 Å². The fourth-order valence-corrected chi connectivity index (χ4v) is 10.7. The maximum absolute atomic E-state index is 12.7. The Morgan fingerprint density at radius 3 is 0.622 bits per heavy atom. The van der Waals surface area contributed by atoms with Gasteiger partial charge >= 0.3 is 11.9 Å². The molecular formula is C80H88N2O8. The average molecular weight is 1210 g/mol. The van der Waals surface area contributed by atoms with Crippen LogP contribution in [0.4, 0.5) is 0 Å². The van der Waals surface area contributed by atoms with Gasteiger partial charge < -0.3 is 28.4 Å². The molecule has 8 rings (SSSR count). The van der Waals surface area contributed by atoms with Crippen LogP contribution in [0.1, 0.15) is 173 Å². The number of unbranched alkanes of at least 4 members (excludes halogenated alkanes) is 19. The summed E-state index contributed by atoms with van der Waals surface area (Å²) in [6, 6.07) is 67.3. The summed E-state index contributed by atoms with van der Waals surface area (Å²) >= 11 is 0. The summed E-state index contributed by atoms with van der Waals surface area (Å²) in [4.78, 5) is 25.4. The number of nitrogens with zero attached hydrogens (tertiary/aromatic N) is 2. The second-order valence-corrected chi connectivity index (χ2v) is 23.1. The van der Waals surface area contributed by atoms with Crippen LogP contribution in [0.5, 0.6) is 23.0 Å². The maximum atomic E-state index is 12.7. The van der Waals surface area contributed by atoms with Crippen molar-refractivity contribution in [2.45, 2.75) is 141 Å². The largest absolute Gasteiger partial charge is 0.494 e. The van der Waals surface area contributed by atoms with Gasteiger partial charge in [0.1, 0.15) is 23.0 Å². The molecule has 8 aromatic carbocycles. The van der Waals surface area contributed by atoms with Crippen LogP contribution in [0.2, 0.25) is 0 Å². The summed E-state index contributed by atoms with van der Waals surface area (Å²) in [5.74, 6) is 2.93. The lowest BCUT2D eigenvalue weighted by atomic mass is 10.0. The minimum atomic E-state index is -0.277. The highest BCUT2D eigenvalue weighted by Gasteiger charge is 2.11. The molecule has 0 fully saturated rings. The van der Waals surface area contributed by atoms with Gasteiger partial charge in [0, 0.05) is 0 Å². The zero-order valence-electron chi connectivity index (χ0n) is 52.4. The molecule has 0 atom stereocenters. The van der Waals surface area contributed by atoms with Crippen molar-refractivity contribution in [1.82, 2.24) is 0 Å². The van der Waals surface area contributed by atoms with Crippen molar-refractivity contribution in [3.05, 3.63) is 216 Å². The molecule has 0 spiro atoms. The van der Waals surface area contributed by atoms with E-state index in [9.17, 15) is 9.59 Å². The number of esters is 2. The van der Waals surface area contributed by atoms with E-state index >= 15 is 0 Å². The Kier molecular flexibility index (Phi) is 29.0. The fourth-order valence-electron chi connectivity index (χ4n) is 10.7. The molecule has 0 radical (unpaired) electrons. The highest BCUT2D eigenvalue weighted by Crippen LogP contribution is 2.28. The fraction of sp³-hybridized carbons (Fsp3) is 0.350. The van der Waals surface area contributed by atoms with E-state index in [-0.39, 0.29) is 11.9 Å². The van der Waals surface area contributed by atoms with E-state index in [1.807, 2.05) is 146 Å². The molecule has 0 aliphatic heterocycles. The van der Waals surface area contributed by atoms with E-state index in [2.05, 4.69) is 60.7 Å². The monoisotopic (exact) mass is 1200 g/mol. The smallest absolute Gasteiger partial charge is 0.338 e. The molecule has 466 valence electrons. The molecule has 0 aromatic heterocycles. The Morgan fingerprint density at radius 2 is 0.411 bits per heavy atom. The topological polar surface area (TPSA) is 137 Å². The zero-order chi connectivity index (χ0) is 62.5. The van der Waals surface area contributed by atoms with Crippen molar-refractivity contribution in [1.29, 1.82) is 10.5 Å². The molecule has 0 bridgehead atoms. The van der Waals surface area contributed by atoms with Crippen LogP contribution in [-0.2, 0) is 9.47 Å². The number of rotatable bonds is 41. The Labute approximate surface area is 534 Å². The van der Waals surface area contributed by atoms with Gasteiger partial charge in [-0.3, -0.25) is 0 Å². The molecule has 0 saturated heterocycles. The molecule has 0 saturated carbocycles. The first-order valence-corrected chi connectivity index (χ1v) is 32.9. The summed E-state index contributed by atoms with van der Waals surface area (Å²) in [7, 11) is 0. The van der Waals surface area contributed by atoms with Gasteiger partial charge in [0.15, 0.2) is 0 Å². The minimum Gasteiger partial charge on any atom is -0.494 e.